The van der Waals surface area contributed by atoms with Gasteiger partial charge in [0.15, 0.2) is 11.5 Å². The fraction of sp³-hybridized carbons (Fsp3) is 0.333. The maximum absolute atomic E-state index is 12.8. The molecule has 0 amide bonds. The summed E-state index contributed by atoms with van der Waals surface area (Å²) >= 11 is 0. The highest BCUT2D eigenvalue weighted by molar-refractivity contribution is 5.88. The van der Waals surface area contributed by atoms with Gasteiger partial charge in [-0.1, -0.05) is 19.9 Å². The van der Waals surface area contributed by atoms with Crippen molar-refractivity contribution in [2.24, 2.45) is 0 Å². The highest BCUT2D eigenvalue weighted by Gasteiger charge is 2.17. The van der Waals surface area contributed by atoms with E-state index in [1.807, 2.05) is 19.9 Å². The van der Waals surface area contributed by atoms with Gasteiger partial charge in [0, 0.05) is 31.2 Å². The number of hydrogen-bond acceptors (Lipinski definition) is 6. The van der Waals surface area contributed by atoms with Gasteiger partial charge in [0.05, 0.1) is 0 Å². The van der Waals surface area contributed by atoms with Crippen LogP contribution in [0.1, 0.15) is 24.2 Å². The molecule has 3 aromatic rings. The first-order valence-electron chi connectivity index (χ1n) is 8.56. The minimum atomic E-state index is -0.669. The zero-order valence-corrected chi connectivity index (χ0v) is 14.8. The van der Waals surface area contributed by atoms with Crippen LogP contribution in [0.2, 0.25) is 0 Å². The Hall–Kier alpha value is -3.00. The van der Waals surface area contributed by atoms with Gasteiger partial charge in [-0.25, -0.2) is 19.4 Å². The number of rotatable bonds is 7. The van der Waals surface area contributed by atoms with E-state index < -0.39 is 11.5 Å². The van der Waals surface area contributed by atoms with Crippen molar-refractivity contribution in [3.8, 4) is 5.82 Å². The van der Waals surface area contributed by atoms with E-state index in [2.05, 4.69) is 14.9 Å². The lowest BCUT2D eigenvalue weighted by Gasteiger charge is -2.17. The van der Waals surface area contributed by atoms with E-state index in [0.29, 0.717) is 18.0 Å². The maximum Gasteiger partial charge on any atom is 0.345 e. The SMILES string of the molecule is CCN(CC)CCOC(=O)c1cnc2ccn(-c3ccccn3)n2c1=O. The van der Waals surface area contributed by atoms with Crippen LogP contribution in [-0.2, 0) is 4.74 Å². The lowest BCUT2D eigenvalue weighted by Crippen LogP contribution is -2.30. The molecule has 8 nitrogen and oxygen atoms in total. The van der Waals surface area contributed by atoms with Crippen LogP contribution >= 0.6 is 0 Å². The van der Waals surface area contributed by atoms with Crippen molar-refractivity contribution in [3.63, 3.8) is 0 Å². The number of carbonyl (C=O) groups excluding carboxylic acids is 1. The van der Waals surface area contributed by atoms with Crippen LogP contribution in [0.4, 0.5) is 0 Å². The molecule has 0 aliphatic rings. The van der Waals surface area contributed by atoms with Crippen molar-refractivity contribution in [3.05, 3.63) is 58.8 Å². The molecule has 0 aliphatic carbocycles. The second-order valence-corrected chi connectivity index (χ2v) is 5.66. The van der Waals surface area contributed by atoms with Crippen LogP contribution in [0.5, 0.6) is 0 Å². The molecule has 0 spiro atoms. The molecule has 0 saturated heterocycles. The zero-order valence-electron chi connectivity index (χ0n) is 14.8. The summed E-state index contributed by atoms with van der Waals surface area (Å²) in [6, 6.07) is 7.05. The Labute approximate surface area is 150 Å². The molecule has 3 rings (SSSR count). The Balaban J connectivity index is 1.87. The Morgan fingerprint density at radius 2 is 2.00 bits per heavy atom. The number of nitrogens with zero attached hydrogens (tertiary/aromatic N) is 5. The van der Waals surface area contributed by atoms with Crippen LogP contribution in [0.25, 0.3) is 11.5 Å². The van der Waals surface area contributed by atoms with Gasteiger partial charge in [-0.3, -0.25) is 4.79 Å². The molecule has 3 aromatic heterocycles. The van der Waals surface area contributed by atoms with E-state index in [9.17, 15) is 9.59 Å². The first-order valence-corrected chi connectivity index (χ1v) is 8.56. The second-order valence-electron chi connectivity index (χ2n) is 5.66. The Kier molecular flexibility index (Phi) is 5.43. The molecule has 0 aromatic carbocycles. The second kappa shape index (κ2) is 7.92. The number of aromatic nitrogens is 4. The van der Waals surface area contributed by atoms with Gasteiger partial charge in [-0.15, -0.1) is 0 Å². The summed E-state index contributed by atoms with van der Waals surface area (Å²) in [7, 11) is 0. The minimum absolute atomic E-state index is 0.0991. The average Bonchev–Trinajstić information content (AvgIpc) is 3.11. The van der Waals surface area contributed by atoms with Gasteiger partial charge in [-0.05, 0) is 25.2 Å². The van der Waals surface area contributed by atoms with Crippen LogP contribution in [-0.4, -0.2) is 56.3 Å². The molecule has 0 saturated carbocycles. The third-order valence-corrected chi connectivity index (χ3v) is 4.19. The smallest absolute Gasteiger partial charge is 0.345 e. The number of fused-ring (bicyclic) bond motifs is 1. The maximum atomic E-state index is 12.8. The molecule has 0 unspecified atom stereocenters. The summed E-state index contributed by atoms with van der Waals surface area (Å²) in [5.74, 6) is -0.115. The summed E-state index contributed by atoms with van der Waals surface area (Å²) in [6.45, 7) is 6.69. The molecule has 3 heterocycles. The van der Waals surface area contributed by atoms with Gasteiger partial charge in [0.25, 0.3) is 5.56 Å². The van der Waals surface area contributed by atoms with E-state index in [-0.39, 0.29) is 12.2 Å². The largest absolute Gasteiger partial charge is 0.461 e. The fourth-order valence-corrected chi connectivity index (χ4v) is 2.68. The summed E-state index contributed by atoms with van der Waals surface area (Å²) in [6.07, 6.45) is 4.58. The zero-order chi connectivity index (χ0) is 18.5. The summed E-state index contributed by atoms with van der Waals surface area (Å²) in [5, 5.41) is 0. The van der Waals surface area contributed by atoms with E-state index >= 15 is 0 Å². The predicted molar refractivity (Wildman–Crippen MR) is 96.7 cm³/mol. The number of ether oxygens (including phenoxy) is 1. The summed E-state index contributed by atoms with van der Waals surface area (Å²) in [5.41, 5.74) is -0.156. The van der Waals surface area contributed by atoms with E-state index in [0.717, 1.165) is 13.1 Å². The first-order chi connectivity index (χ1) is 12.7. The van der Waals surface area contributed by atoms with Gasteiger partial charge in [0.2, 0.25) is 0 Å². The highest BCUT2D eigenvalue weighted by Crippen LogP contribution is 2.07. The molecular weight excluding hydrogens is 334 g/mol. The first kappa shape index (κ1) is 17.8. The van der Waals surface area contributed by atoms with E-state index in [4.69, 9.17) is 4.74 Å². The molecule has 0 aliphatic heterocycles. The molecule has 8 heteroatoms. The summed E-state index contributed by atoms with van der Waals surface area (Å²) < 4.78 is 8.12. The van der Waals surface area contributed by atoms with E-state index in [1.165, 1.54) is 10.7 Å². The Morgan fingerprint density at radius 3 is 2.69 bits per heavy atom. The number of pyridine rings is 1. The van der Waals surface area contributed by atoms with Crippen molar-refractivity contribution in [2.75, 3.05) is 26.2 Å². The topological polar surface area (TPSA) is 81.7 Å². The van der Waals surface area contributed by atoms with Gasteiger partial charge < -0.3 is 9.64 Å². The number of likely N-dealkylation sites (N-methyl/N-ethyl adjacent to an activating group) is 1. The van der Waals surface area contributed by atoms with Crippen molar-refractivity contribution >= 4 is 11.6 Å². The standard InChI is InChI=1S/C18H21N5O3/c1-3-21(4-2)11-12-26-18(25)14-13-20-16-8-10-22(23(16)17(14)24)15-7-5-6-9-19-15/h5-10,13H,3-4,11-12H2,1-2H3. The summed E-state index contributed by atoms with van der Waals surface area (Å²) in [4.78, 5) is 35.7. The molecule has 26 heavy (non-hydrogen) atoms. The van der Waals surface area contributed by atoms with Gasteiger partial charge in [0.1, 0.15) is 12.2 Å². The van der Waals surface area contributed by atoms with E-state index in [1.54, 1.807) is 35.3 Å². The normalized spacial score (nSPS) is 11.2. The molecule has 0 atom stereocenters. The molecule has 0 fully saturated rings. The van der Waals surface area contributed by atoms with Crippen molar-refractivity contribution in [2.45, 2.75) is 13.8 Å². The number of esters is 1. The van der Waals surface area contributed by atoms with Crippen molar-refractivity contribution in [1.29, 1.82) is 0 Å². The lowest BCUT2D eigenvalue weighted by molar-refractivity contribution is 0.0463. The fourth-order valence-electron chi connectivity index (χ4n) is 2.68. The van der Waals surface area contributed by atoms with Crippen LogP contribution in [0.15, 0.2) is 47.7 Å². The Morgan fingerprint density at radius 1 is 1.19 bits per heavy atom. The minimum Gasteiger partial charge on any atom is -0.461 e. The average molecular weight is 355 g/mol. The Bertz CT molecular complexity index is 944. The van der Waals surface area contributed by atoms with Crippen LogP contribution in [0.3, 0.4) is 0 Å². The van der Waals surface area contributed by atoms with Gasteiger partial charge in [-0.2, -0.15) is 4.52 Å². The van der Waals surface area contributed by atoms with Crippen molar-refractivity contribution < 1.29 is 9.53 Å². The number of carbonyl (C=O) groups is 1. The lowest BCUT2D eigenvalue weighted by atomic mass is 10.3. The quantitative estimate of drug-likeness (QED) is 0.596. The number of hydrogen-bond donors (Lipinski definition) is 0. The molecule has 0 N–H and O–H groups in total. The monoisotopic (exact) mass is 355 g/mol. The molecule has 0 radical (unpaired) electrons. The third-order valence-electron chi connectivity index (χ3n) is 4.19. The molecular formula is C18H21N5O3. The molecule has 0 bridgehead atoms. The third kappa shape index (κ3) is 3.50. The predicted octanol–water partition coefficient (Wildman–Crippen LogP) is 1.38. The highest BCUT2D eigenvalue weighted by atomic mass is 16.5. The van der Waals surface area contributed by atoms with Crippen LogP contribution < -0.4 is 5.56 Å². The molecule has 136 valence electrons. The van der Waals surface area contributed by atoms with Gasteiger partial charge >= 0.3 is 5.97 Å². The van der Waals surface area contributed by atoms with Crippen molar-refractivity contribution in [1.82, 2.24) is 24.1 Å². The van der Waals surface area contributed by atoms with Crippen LogP contribution in [0, 0.1) is 0 Å².